The van der Waals surface area contributed by atoms with E-state index in [4.69, 9.17) is 34.8 Å². The highest BCUT2D eigenvalue weighted by molar-refractivity contribution is 6.42. The number of hydrogen-bond acceptors (Lipinski definition) is 3. The molecule has 0 spiro atoms. The van der Waals surface area contributed by atoms with Gasteiger partial charge in [-0.3, -0.25) is 0 Å². The number of pyridine rings is 1. The van der Waals surface area contributed by atoms with Crippen LogP contribution in [0.5, 0.6) is 0 Å². The second-order valence-corrected chi connectivity index (χ2v) is 7.44. The molecular formula is C15H22Cl3N3. The van der Waals surface area contributed by atoms with Crippen LogP contribution in [0.15, 0.2) is 6.07 Å². The molecule has 1 aromatic rings. The second kappa shape index (κ2) is 6.91. The van der Waals surface area contributed by atoms with E-state index < -0.39 is 0 Å². The maximum atomic E-state index is 6.19. The van der Waals surface area contributed by atoms with Crippen molar-refractivity contribution in [3.05, 3.63) is 21.3 Å². The minimum atomic E-state index is 0.134. The molecule has 0 aliphatic heterocycles. The van der Waals surface area contributed by atoms with Crippen LogP contribution in [0.1, 0.15) is 32.6 Å². The fourth-order valence-corrected chi connectivity index (χ4v) is 3.74. The lowest BCUT2D eigenvalue weighted by molar-refractivity contribution is 0.0882. The molecule has 2 atom stereocenters. The largest absolute Gasteiger partial charge is 0.367 e. The van der Waals surface area contributed by atoms with Crippen LogP contribution in [0.25, 0.3) is 0 Å². The van der Waals surface area contributed by atoms with Gasteiger partial charge < -0.3 is 10.2 Å². The minimum absolute atomic E-state index is 0.134. The van der Waals surface area contributed by atoms with E-state index in [9.17, 15) is 0 Å². The predicted molar refractivity (Wildman–Crippen MR) is 91.8 cm³/mol. The summed E-state index contributed by atoms with van der Waals surface area (Å²) in [6.45, 7) is 3.12. The third kappa shape index (κ3) is 3.95. The lowest BCUT2D eigenvalue weighted by atomic mass is 9.75. The summed E-state index contributed by atoms with van der Waals surface area (Å²) >= 11 is 18.1. The highest BCUT2D eigenvalue weighted by atomic mass is 35.5. The SMILES string of the molecule is CC1CCCC(CNc2nc(Cl)c(Cl)cc2Cl)(N(C)C)C1. The van der Waals surface area contributed by atoms with E-state index in [1.54, 1.807) is 6.07 Å². The smallest absolute Gasteiger partial charge is 0.150 e. The van der Waals surface area contributed by atoms with Crippen LogP contribution in [0.2, 0.25) is 15.2 Å². The monoisotopic (exact) mass is 349 g/mol. The predicted octanol–water partition coefficient (Wildman–Crippen LogP) is 4.96. The number of aromatic nitrogens is 1. The van der Waals surface area contributed by atoms with Crippen molar-refractivity contribution in [2.24, 2.45) is 5.92 Å². The Bertz CT molecular complexity index is 507. The summed E-state index contributed by atoms with van der Waals surface area (Å²) < 4.78 is 0. The molecular weight excluding hydrogens is 329 g/mol. The maximum absolute atomic E-state index is 6.19. The van der Waals surface area contributed by atoms with Crippen LogP contribution in [0, 0.1) is 5.92 Å². The van der Waals surface area contributed by atoms with Crippen molar-refractivity contribution < 1.29 is 0 Å². The third-order valence-corrected chi connectivity index (χ3v) is 5.45. The summed E-state index contributed by atoms with van der Waals surface area (Å²) in [6, 6.07) is 1.63. The van der Waals surface area contributed by atoms with Crippen molar-refractivity contribution in [3.63, 3.8) is 0 Å². The van der Waals surface area contributed by atoms with Crippen LogP contribution < -0.4 is 5.32 Å². The van der Waals surface area contributed by atoms with Gasteiger partial charge in [-0.05, 0) is 38.9 Å². The topological polar surface area (TPSA) is 28.2 Å². The average Bonchev–Trinajstić information content (AvgIpc) is 2.41. The Kier molecular flexibility index (Phi) is 5.64. The zero-order valence-corrected chi connectivity index (χ0v) is 15.0. The molecule has 0 aromatic carbocycles. The van der Waals surface area contributed by atoms with E-state index in [0.717, 1.165) is 12.5 Å². The van der Waals surface area contributed by atoms with Gasteiger partial charge in [0.15, 0.2) is 0 Å². The van der Waals surface area contributed by atoms with E-state index in [2.05, 4.69) is 36.2 Å². The van der Waals surface area contributed by atoms with Crippen LogP contribution >= 0.6 is 34.8 Å². The van der Waals surface area contributed by atoms with Crippen molar-refractivity contribution in [1.82, 2.24) is 9.88 Å². The number of nitrogens with one attached hydrogen (secondary N) is 1. The quantitative estimate of drug-likeness (QED) is 0.778. The van der Waals surface area contributed by atoms with E-state index in [1.165, 1.54) is 25.7 Å². The van der Waals surface area contributed by atoms with Crippen molar-refractivity contribution in [2.75, 3.05) is 26.0 Å². The molecule has 0 radical (unpaired) electrons. The molecule has 1 fully saturated rings. The first-order valence-corrected chi connectivity index (χ1v) is 8.40. The van der Waals surface area contributed by atoms with Gasteiger partial charge in [-0.15, -0.1) is 0 Å². The van der Waals surface area contributed by atoms with Crippen LogP contribution in [-0.4, -0.2) is 36.1 Å². The van der Waals surface area contributed by atoms with Gasteiger partial charge in [0.05, 0.1) is 10.0 Å². The molecule has 1 aliphatic rings. The van der Waals surface area contributed by atoms with Crippen LogP contribution in [0.4, 0.5) is 5.82 Å². The van der Waals surface area contributed by atoms with Crippen molar-refractivity contribution in [1.29, 1.82) is 0 Å². The van der Waals surface area contributed by atoms with Gasteiger partial charge in [-0.25, -0.2) is 4.98 Å². The van der Waals surface area contributed by atoms with E-state index >= 15 is 0 Å². The molecule has 0 saturated heterocycles. The molecule has 3 nitrogen and oxygen atoms in total. The molecule has 21 heavy (non-hydrogen) atoms. The lowest BCUT2D eigenvalue weighted by Gasteiger charge is -2.45. The van der Waals surface area contributed by atoms with E-state index in [1.807, 2.05) is 0 Å². The lowest BCUT2D eigenvalue weighted by Crippen LogP contribution is -2.52. The maximum Gasteiger partial charge on any atom is 0.150 e. The first kappa shape index (κ1) is 17.1. The van der Waals surface area contributed by atoms with Gasteiger partial charge in [0.25, 0.3) is 0 Å². The van der Waals surface area contributed by atoms with Crippen LogP contribution in [0.3, 0.4) is 0 Å². The van der Waals surface area contributed by atoms with Gasteiger partial charge in [-0.2, -0.15) is 0 Å². The number of rotatable bonds is 4. The fraction of sp³-hybridized carbons (Fsp3) is 0.667. The van der Waals surface area contributed by atoms with Gasteiger partial charge in [-0.1, -0.05) is 54.6 Å². The Hall–Kier alpha value is -0.220. The summed E-state index contributed by atoms with van der Waals surface area (Å²) in [5, 5.41) is 4.52. The molecule has 0 bridgehead atoms. The first-order valence-electron chi connectivity index (χ1n) is 7.27. The zero-order valence-electron chi connectivity index (χ0n) is 12.7. The van der Waals surface area contributed by atoms with Gasteiger partial charge in [0.1, 0.15) is 11.0 Å². The van der Waals surface area contributed by atoms with E-state index in [0.29, 0.717) is 15.9 Å². The summed E-state index contributed by atoms with van der Waals surface area (Å²) in [5.41, 5.74) is 0.134. The molecule has 2 unspecified atom stereocenters. The molecule has 1 saturated carbocycles. The average molecular weight is 351 g/mol. The van der Waals surface area contributed by atoms with Gasteiger partial charge >= 0.3 is 0 Å². The summed E-state index contributed by atoms with van der Waals surface area (Å²) in [7, 11) is 4.28. The molecule has 1 N–H and O–H groups in total. The standard InChI is InChI=1S/C15H22Cl3N3/c1-10-5-4-6-15(8-10,21(2)3)9-19-14-12(17)7-11(16)13(18)20-14/h7,10H,4-6,8-9H2,1-3H3,(H,19,20). The van der Waals surface area contributed by atoms with Gasteiger partial charge in [0, 0.05) is 12.1 Å². The normalized spacial score (nSPS) is 26.1. The molecule has 1 heterocycles. The number of halogens is 3. The highest BCUT2D eigenvalue weighted by Gasteiger charge is 2.36. The minimum Gasteiger partial charge on any atom is -0.367 e. The molecule has 2 rings (SSSR count). The Morgan fingerprint density at radius 1 is 1.33 bits per heavy atom. The Morgan fingerprint density at radius 2 is 2.05 bits per heavy atom. The molecule has 1 aromatic heterocycles. The Balaban J connectivity index is 2.14. The number of likely N-dealkylation sites (N-methyl/N-ethyl adjacent to an activating group) is 1. The number of anilines is 1. The van der Waals surface area contributed by atoms with Crippen molar-refractivity contribution in [3.8, 4) is 0 Å². The van der Waals surface area contributed by atoms with E-state index in [-0.39, 0.29) is 10.7 Å². The fourth-order valence-electron chi connectivity index (χ4n) is 3.17. The summed E-state index contributed by atoms with van der Waals surface area (Å²) in [6.07, 6.45) is 4.91. The Labute approximate surface area is 142 Å². The van der Waals surface area contributed by atoms with Crippen molar-refractivity contribution in [2.45, 2.75) is 38.1 Å². The molecule has 118 valence electrons. The molecule has 1 aliphatic carbocycles. The van der Waals surface area contributed by atoms with Crippen LogP contribution in [-0.2, 0) is 0 Å². The number of nitrogens with zero attached hydrogens (tertiary/aromatic N) is 2. The van der Waals surface area contributed by atoms with Gasteiger partial charge in [0.2, 0.25) is 0 Å². The molecule has 0 amide bonds. The second-order valence-electron chi connectivity index (χ2n) is 6.27. The summed E-state index contributed by atoms with van der Waals surface area (Å²) in [5.74, 6) is 1.34. The summed E-state index contributed by atoms with van der Waals surface area (Å²) in [4.78, 5) is 6.56. The Morgan fingerprint density at radius 3 is 2.67 bits per heavy atom. The third-order valence-electron chi connectivity index (χ3n) is 4.49. The number of hydrogen-bond donors (Lipinski definition) is 1. The van der Waals surface area contributed by atoms with Crippen molar-refractivity contribution >= 4 is 40.6 Å². The highest BCUT2D eigenvalue weighted by Crippen LogP contribution is 2.36. The molecule has 6 heteroatoms. The zero-order chi connectivity index (χ0) is 15.6. The first-order chi connectivity index (χ1) is 9.84.